The summed E-state index contributed by atoms with van der Waals surface area (Å²) in [7, 11) is 0. The van der Waals surface area contributed by atoms with Gasteiger partial charge >= 0.3 is 0 Å². The van der Waals surface area contributed by atoms with Gasteiger partial charge in [0.15, 0.2) is 0 Å². The molecule has 1 aromatic rings. The number of nitrogens with zero attached hydrogens (tertiary/aromatic N) is 1. The molecule has 0 amide bonds. The maximum absolute atomic E-state index is 8.52. The third-order valence-corrected chi connectivity index (χ3v) is 1.50. The maximum Gasteiger partial charge on any atom is 0.213 e. The second-order valence-corrected chi connectivity index (χ2v) is 2.59. The molecular formula is C11H13NO2. The van der Waals surface area contributed by atoms with Crippen molar-refractivity contribution < 1.29 is 9.84 Å². The van der Waals surface area contributed by atoms with E-state index in [0.717, 1.165) is 5.56 Å². The third-order valence-electron chi connectivity index (χ3n) is 1.50. The molecular weight excluding hydrogens is 178 g/mol. The molecule has 0 radical (unpaired) electrons. The van der Waals surface area contributed by atoms with Crippen LogP contribution >= 0.6 is 0 Å². The van der Waals surface area contributed by atoms with Crippen LogP contribution in [-0.4, -0.2) is 23.3 Å². The van der Waals surface area contributed by atoms with Gasteiger partial charge < -0.3 is 9.84 Å². The summed E-state index contributed by atoms with van der Waals surface area (Å²) in [6, 6.07) is 3.63. The summed E-state index contributed by atoms with van der Waals surface area (Å²) in [4.78, 5) is 4.06. The molecule has 74 valence electrons. The minimum atomic E-state index is 0.0947. The molecule has 1 rings (SSSR count). The molecule has 0 fully saturated rings. The number of hydrogen-bond donors (Lipinski definition) is 1. The number of pyridine rings is 1. The minimum Gasteiger partial charge on any atom is -0.478 e. The van der Waals surface area contributed by atoms with Crippen LogP contribution in [0.1, 0.15) is 18.9 Å². The Morgan fingerprint density at radius 3 is 2.93 bits per heavy atom. The Balaban J connectivity index is 2.60. The van der Waals surface area contributed by atoms with Crippen LogP contribution in [0, 0.1) is 11.8 Å². The Bertz CT molecular complexity index is 321. The van der Waals surface area contributed by atoms with Crippen molar-refractivity contribution in [1.29, 1.82) is 0 Å². The van der Waals surface area contributed by atoms with Crippen LogP contribution in [0.3, 0.4) is 0 Å². The molecule has 3 heteroatoms. The standard InChI is InChI=1S/C11H13NO2/c1-2-14-11-7-6-10(9-12-11)5-3-4-8-13/h6-7,9,13H,2,4,8H2,1H3. The molecule has 0 aromatic carbocycles. The van der Waals surface area contributed by atoms with Crippen LogP contribution < -0.4 is 4.74 Å². The molecule has 3 nitrogen and oxygen atoms in total. The average molecular weight is 191 g/mol. The Morgan fingerprint density at radius 2 is 2.36 bits per heavy atom. The molecule has 0 atom stereocenters. The van der Waals surface area contributed by atoms with Gasteiger partial charge in [0.05, 0.1) is 13.2 Å². The highest BCUT2D eigenvalue weighted by atomic mass is 16.5. The fourth-order valence-electron chi connectivity index (χ4n) is 0.908. The number of rotatable bonds is 3. The minimum absolute atomic E-state index is 0.0947. The van der Waals surface area contributed by atoms with Crippen molar-refractivity contribution in [2.75, 3.05) is 13.2 Å². The fourth-order valence-corrected chi connectivity index (χ4v) is 0.908. The van der Waals surface area contributed by atoms with E-state index in [4.69, 9.17) is 9.84 Å². The van der Waals surface area contributed by atoms with E-state index in [9.17, 15) is 0 Å². The van der Waals surface area contributed by atoms with Crippen molar-refractivity contribution in [3.63, 3.8) is 0 Å². The lowest BCUT2D eigenvalue weighted by atomic mass is 10.3. The summed E-state index contributed by atoms with van der Waals surface area (Å²) in [5.74, 6) is 6.32. The van der Waals surface area contributed by atoms with Crippen LogP contribution in [0.4, 0.5) is 0 Å². The normalized spacial score (nSPS) is 9.00. The van der Waals surface area contributed by atoms with Gasteiger partial charge in [-0.25, -0.2) is 4.98 Å². The monoisotopic (exact) mass is 191 g/mol. The van der Waals surface area contributed by atoms with Crippen molar-refractivity contribution in [2.24, 2.45) is 0 Å². The van der Waals surface area contributed by atoms with Gasteiger partial charge in [-0.05, 0) is 13.0 Å². The summed E-state index contributed by atoms with van der Waals surface area (Å²) in [6.45, 7) is 2.62. The number of ether oxygens (including phenoxy) is 1. The number of aromatic nitrogens is 1. The summed E-state index contributed by atoms with van der Waals surface area (Å²) < 4.78 is 5.19. The Hall–Kier alpha value is -1.53. The van der Waals surface area contributed by atoms with Gasteiger partial charge in [-0.15, -0.1) is 0 Å². The van der Waals surface area contributed by atoms with E-state index in [2.05, 4.69) is 16.8 Å². The molecule has 0 aliphatic heterocycles. The topological polar surface area (TPSA) is 42.4 Å². The molecule has 0 aliphatic carbocycles. The molecule has 1 N–H and O–H groups in total. The first-order valence-corrected chi connectivity index (χ1v) is 4.55. The quantitative estimate of drug-likeness (QED) is 0.730. The lowest BCUT2D eigenvalue weighted by Crippen LogP contribution is -1.93. The zero-order chi connectivity index (χ0) is 10.2. The SMILES string of the molecule is CCOc1ccc(C#CCCO)cn1. The maximum atomic E-state index is 8.52. The summed E-state index contributed by atoms with van der Waals surface area (Å²) >= 11 is 0. The van der Waals surface area contributed by atoms with Crippen LogP contribution in [0.2, 0.25) is 0 Å². The highest BCUT2D eigenvalue weighted by molar-refractivity contribution is 5.33. The van der Waals surface area contributed by atoms with Gasteiger partial charge in [0, 0.05) is 24.2 Å². The van der Waals surface area contributed by atoms with Crippen LogP contribution in [0.5, 0.6) is 5.88 Å². The first-order chi connectivity index (χ1) is 6.86. The number of aliphatic hydroxyl groups excluding tert-OH is 1. The van der Waals surface area contributed by atoms with E-state index in [1.807, 2.05) is 13.0 Å². The highest BCUT2D eigenvalue weighted by Crippen LogP contribution is 2.06. The van der Waals surface area contributed by atoms with Gasteiger partial charge in [-0.3, -0.25) is 0 Å². The molecule has 1 aromatic heterocycles. The van der Waals surface area contributed by atoms with E-state index in [1.165, 1.54) is 0 Å². The summed E-state index contributed by atoms with van der Waals surface area (Å²) in [5.41, 5.74) is 0.835. The van der Waals surface area contributed by atoms with Gasteiger partial charge in [-0.1, -0.05) is 11.8 Å². The summed E-state index contributed by atoms with van der Waals surface area (Å²) in [6.07, 6.45) is 2.16. The van der Waals surface area contributed by atoms with E-state index in [0.29, 0.717) is 18.9 Å². The second-order valence-electron chi connectivity index (χ2n) is 2.59. The molecule has 14 heavy (non-hydrogen) atoms. The predicted octanol–water partition coefficient (Wildman–Crippen LogP) is 1.21. The van der Waals surface area contributed by atoms with Crippen LogP contribution in [-0.2, 0) is 0 Å². The lowest BCUT2D eigenvalue weighted by molar-refractivity contribution is 0.305. The molecule has 0 aliphatic rings. The highest BCUT2D eigenvalue weighted by Gasteiger charge is 1.92. The van der Waals surface area contributed by atoms with Gasteiger partial charge in [0.1, 0.15) is 0 Å². The Morgan fingerprint density at radius 1 is 1.50 bits per heavy atom. The largest absolute Gasteiger partial charge is 0.478 e. The van der Waals surface area contributed by atoms with Crippen LogP contribution in [0.25, 0.3) is 0 Å². The predicted molar refractivity (Wildman–Crippen MR) is 54.0 cm³/mol. The first-order valence-electron chi connectivity index (χ1n) is 4.55. The van der Waals surface area contributed by atoms with Gasteiger partial charge in [0.25, 0.3) is 0 Å². The third kappa shape index (κ3) is 3.46. The molecule has 0 spiro atoms. The van der Waals surface area contributed by atoms with Crippen molar-refractivity contribution in [1.82, 2.24) is 4.98 Å². The van der Waals surface area contributed by atoms with Crippen molar-refractivity contribution in [2.45, 2.75) is 13.3 Å². The average Bonchev–Trinajstić information content (AvgIpc) is 2.21. The smallest absolute Gasteiger partial charge is 0.213 e. The molecule has 0 bridgehead atoms. The summed E-state index contributed by atoms with van der Waals surface area (Å²) in [5, 5.41) is 8.52. The molecule has 1 heterocycles. The van der Waals surface area contributed by atoms with E-state index >= 15 is 0 Å². The second kappa shape index (κ2) is 6.01. The molecule has 0 saturated carbocycles. The Kier molecular flexibility index (Phi) is 4.53. The zero-order valence-corrected chi connectivity index (χ0v) is 8.16. The molecule has 0 unspecified atom stereocenters. The molecule has 0 saturated heterocycles. The first kappa shape index (κ1) is 10.6. The number of hydrogen-bond acceptors (Lipinski definition) is 3. The lowest BCUT2D eigenvalue weighted by Gasteiger charge is -1.99. The van der Waals surface area contributed by atoms with E-state index in [1.54, 1.807) is 12.3 Å². The van der Waals surface area contributed by atoms with E-state index < -0.39 is 0 Å². The fraction of sp³-hybridized carbons (Fsp3) is 0.364. The zero-order valence-electron chi connectivity index (χ0n) is 8.16. The van der Waals surface area contributed by atoms with Crippen molar-refractivity contribution in [3.8, 4) is 17.7 Å². The Labute approximate surface area is 83.7 Å². The van der Waals surface area contributed by atoms with Gasteiger partial charge in [0.2, 0.25) is 5.88 Å². The van der Waals surface area contributed by atoms with Gasteiger partial charge in [-0.2, -0.15) is 0 Å². The number of aliphatic hydroxyl groups is 1. The van der Waals surface area contributed by atoms with Crippen molar-refractivity contribution >= 4 is 0 Å². The van der Waals surface area contributed by atoms with Crippen molar-refractivity contribution in [3.05, 3.63) is 23.9 Å². The van der Waals surface area contributed by atoms with E-state index in [-0.39, 0.29) is 6.61 Å². The van der Waals surface area contributed by atoms with Crippen LogP contribution in [0.15, 0.2) is 18.3 Å².